The summed E-state index contributed by atoms with van der Waals surface area (Å²) < 4.78 is 20.0. The van der Waals surface area contributed by atoms with Crippen molar-refractivity contribution in [1.29, 1.82) is 0 Å². The fourth-order valence-corrected chi connectivity index (χ4v) is 2.41. The molecule has 0 saturated carbocycles. The van der Waals surface area contributed by atoms with Crippen molar-refractivity contribution in [2.45, 2.75) is 19.4 Å². The molecular weight excluding hydrogens is 359 g/mol. The lowest BCUT2D eigenvalue weighted by Gasteiger charge is -2.15. The molecule has 0 bridgehead atoms. The molecule has 2 aromatic rings. The smallest absolute Gasteiger partial charge is 0.130 e. The average molecular weight is 374 g/mol. The maximum absolute atomic E-state index is 14.0. The quantitative estimate of drug-likeness (QED) is 0.738. The normalized spacial score (nSPS) is 12.2. The predicted molar refractivity (Wildman–Crippen MR) is 85.4 cm³/mol. The first-order valence-corrected chi connectivity index (χ1v) is 7.75. The van der Waals surface area contributed by atoms with Crippen LogP contribution < -0.4 is 4.74 Å². The van der Waals surface area contributed by atoms with Crippen LogP contribution in [0.15, 0.2) is 40.9 Å². The van der Waals surface area contributed by atoms with Crippen molar-refractivity contribution in [2.75, 3.05) is 6.61 Å². The van der Waals surface area contributed by atoms with E-state index in [1.165, 1.54) is 12.1 Å². The minimum Gasteiger partial charge on any atom is -0.494 e. The molecule has 1 N–H and O–H groups in total. The molecule has 1 atom stereocenters. The summed E-state index contributed by atoms with van der Waals surface area (Å²) in [4.78, 5) is 0. The Labute approximate surface area is 136 Å². The Balaban J connectivity index is 2.31. The molecule has 0 spiro atoms. The van der Waals surface area contributed by atoms with Crippen molar-refractivity contribution < 1.29 is 14.2 Å². The first kappa shape index (κ1) is 16.3. The van der Waals surface area contributed by atoms with E-state index in [0.29, 0.717) is 27.4 Å². The number of hydrogen-bond acceptors (Lipinski definition) is 2. The van der Waals surface area contributed by atoms with Gasteiger partial charge in [-0.25, -0.2) is 4.39 Å². The maximum atomic E-state index is 14.0. The van der Waals surface area contributed by atoms with Crippen LogP contribution in [0.25, 0.3) is 0 Å². The van der Waals surface area contributed by atoms with Gasteiger partial charge in [0.1, 0.15) is 17.7 Å². The SMILES string of the molecule is CCCOc1cccc(C(O)c2cc(Cl)c(Br)cc2F)c1. The van der Waals surface area contributed by atoms with E-state index in [2.05, 4.69) is 15.9 Å². The summed E-state index contributed by atoms with van der Waals surface area (Å²) in [5, 5.41) is 10.7. The Hall–Kier alpha value is -1.10. The standard InChI is InChI=1S/C16H15BrClFO2/c1-2-6-21-11-5-3-4-10(7-11)16(20)12-8-14(18)13(17)9-15(12)19/h3-5,7-9,16,20H,2,6H2,1H3. The summed E-state index contributed by atoms with van der Waals surface area (Å²) in [5.41, 5.74) is 0.691. The highest BCUT2D eigenvalue weighted by Gasteiger charge is 2.17. The molecule has 0 fully saturated rings. The number of benzene rings is 2. The number of halogens is 3. The summed E-state index contributed by atoms with van der Waals surface area (Å²) in [5.74, 6) is 0.135. The molecule has 0 aliphatic carbocycles. The maximum Gasteiger partial charge on any atom is 0.130 e. The first-order chi connectivity index (χ1) is 10.0. The number of ether oxygens (including phenoxy) is 1. The van der Waals surface area contributed by atoms with Gasteiger partial charge >= 0.3 is 0 Å². The van der Waals surface area contributed by atoms with Gasteiger partial charge in [-0.15, -0.1) is 0 Å². The van der Waals surface area contributed by atoms with Crippen molar-refractivity contribution in [3.05, 3.63) is 62.8 Å². The van der Waals surface area contributed by atoms with Gasteiger partial charge in [0.2, 0.25) is 0 Å². The Bertz CT molecular complexity index is 634. The molecule has 2 aromatic carbocycles. The van der Waals surface area contributed by atoms with Gasteiger partial charge in [-0.3, -0.25) is 0 Å². The van der Waals surface area contributed by atoms with Gasteiger partial charge < -0.3 is 9.84 Å². The van der Waals surface area contributed by atoms with E-state index < -0.39 is 11.9 Å². The molecule has 0 saturated heterocycles. The Morgan fingerprint density at radius 1 is 1.33 bits per heavy atom. The number of aliphatic hydroxyl groups is 1. The summed E-state index contributed by atoms with van der Waals surface area (Å²) >= 11 is 9.12. The minimum absolute atomic E-state index is 0.135. The van der Waals surface area contributed by atoms with Crippen molar-refractivity contribution in [2.24, 2.45) is 0 Å². The van der Waals surface area contributed by atoms with Crippen LogP contribution >= 0.6 is 27.5 Å². The van der Waals surface area contributed by atoms with Crippen LogP contribution in [0.3, 0.4) is 0 Å². The number of aliphatic hydroxyl groups excluding tert-OH is 1. The van der Waals surface area contributed by atoms with Crippen LogP contribution in [-0.4, -0.2) is 11.7 Å². The highest BCUT2D eigenvalue weighted by Crippen LogP contribution is 2.32. The third-order valence-electron chi connectivity index (χ3n) is 2.98. The number of hydrogen-bond donors (Lipinski definition) is 1. The zero-order valence-corrected chi connectivity index (χ0v) is 13.8. The van der Waals surface area contributed by atoms with E-state index in [-0.39, 0.29) is 5.56 Å². The molecule has 2 rings (SSSR count). The van der Waals surface area contributed by atoms with Crippen LogP contribution in [-0.2, 0) is 0 Å². The zero-order valence-electron chi connectivity index (χ0n) is 11.4. The summed E-state index contributed by atoms with van der Waals surface area (Å²) in [6.07, 6.45) is -0.204. The Kier molecular flexibility index (Phi) is 5.62. The second-order valence-corrected chi connectivity index (χ2v) is 5.87. The molecule has 5 heteroatoms. The van der Waals surface area contributed by atoms with Gasteiger partial charge in [0.25, 0.3) is 0 Å². The van der Waals surface area contributed by atoms with Crippen LogP contribution in [0, 0.1) is 5.82 Å². The van der Waals surface area contributed by atoms with Gasteiger partial charge in [0.05, 0.1) is 11.6 Å². The van der Waals surface area contributed by atoms with E-state index in [9.17, 15) is 9.50 Å². The fourth-order valence-electron chi connectivity index (χ4n) is 1.92. The van der Waals surface area contributed by atoms with Gasteiger partial charge in [0, 0.05) is 10.0 Å². The molecule has 112 valence electrons. The van der Waals surface area contributed by atoms with Crippen molar-refractivity contribution in [3.8, 4) is 5.75 Å². The van der Waals surface area contributed by atoms with Crippen molar-refractivity contribution in [3.63, 3.8) is 0 Å². The number of rotatable bonds is 5. The molecule has 0 amide bonds. The van der Waals surface area contributed by atoms with E-state index >= 15 is 0 Å². The predicted octanol–water partition coefficient (Wildman–Crippen LogP) is 5.11. The highest BCUT2D eigenvalue weighted by molar-refractivity contribution is 9.10. The van der Waals surface area contributed by atoms with Gasteiger partial charge in [-0.05, 0) is 52.2 Å². The van der Waals surface area contributed by atoms with Gasteiger partial charge in [-0.2, -0.15) is 0 Å². The van der Waals surface area contributed by atoms with Crippen molar-refractivity contribution >= 4 is 27.5 Å². The Morgan fingerprint density at radius 3 is 2.81 bits per heavy atom. The molecule has 0 heterocycles. The molecule has 1 unspecified atom stereocenters. The lowest BCUT2D eigenvalue weighted by molar-refractivity contribution is 0.214. The highest BCUT2D eigenvalue weighted by atomic mass is 79.9. The van der Waals surface area contributed by atoms with E-state index in [0.717, 1.165) is 6.42 Å². The lowest BCUT2D eigenvalue weighted by Crippen LogP contribution is -2.04. The second-order valence-electron chi connectivity index (χ2n) is 4.61. The molecule has 0 radical (unpaired) electrons. The molecule has 2 nitrogen and oxygen atoms in total. The van der Waals surface area contributed by atoms with Gasteiger partial charge in [0.15, 0.2) is 0 Å². The van der Waals surface area contributed by atoms with E-state index in [1.54, 1.807) is 24.3 Å². The Morgan fingerprint density at radius 2 is 2.10 bits per heavy atom. The molecule has 0 aromatic heterocycles. The molecular formula is C16H15BrClFO2. The van der Waals surface area contributed by atoms with Crippen LogP contribution in [0.2, 0.25) is 5.02 Å². The third kappa shape index (κ3) is 3.96. The molecule has 0 aliphatic rings. The first-order valence-electron chi connectivity index (χ1n) is 6.58. The lowest BCUT2D eigenvalue weighted by atomic mass is 10.0. The van der Waals surface area contributed by atoms with Crippen LogP contribution in [0.5, 0.6) is 5.75 Å². The van der Waals surface area contributed by atoms with Gasteiger partial charge in [-0.1, -0.05) is 30.7 Å². The van der Waals surface area contributed by atoms with E-state index in [4.69, 9.17) is 16.3 Å². The molecule has 0 aliphatic heterocycles. The largest absolute Gasteiger partial charge is 0.494 e. The zero-order chi connectivity index (χ0) is 15.4. The van der Waals surface area contributed by atoms with Crippen LogP contribution in [0.4, 0.5) is 4.39 Å². The monoisotopic (exact) mass is 372 g/mol. The topological polar surface area (TPSA) is 29.5 Å². The molecule has 21 heavy (non-hydrogen) atoms. The van der Waals surface area contributed by atoms with Crippen molar-refractivity contribution in [1.82, 2.24) is 0 Å². The summed E-state index contributed by atoms with van der Waals surface area (Å²) in [6, 6.07) is 9.66. The van der Waals surface area contributed by atoms with Crippen LogP contribution in [0.1, 0.15) is 30.6 Å². The minimum atomic E-state index is -1.10. The summed E-state index contributed by atoms with van der Waals surface area (Å²) in [7, 11) is 0. The summed E-state index contributed by atoms with van der Waals surface area (Å²) in [6.45, 7) is 2.61. The van der Waals surface area contributed by atoms with E-state index in [1.807, 2.05) is 6.92 Å². The fraction of sp³-hybridized carbons (Fsp3) is 0.250. The third-order valence-corrected chi connectivity index (χ3v) is 4.18. The second kappa shape index (κ2) is 7.25. The average Bonchev–Trinajstić information content (AvgIpc) is 2.48.